The Morgan fingerprint density at radius 3 is 2.50 bits per heavy atom. The number of carbonyl (C=O) groups is 1. The molecule has 0 aliphatic heterocycles. The third-order valence-corrected chi connectivity index (χ3v) is 4.05. The summed E-state index contributed by atoms with van der Waals surface area (Å²) in [6.45, 7) is 0.472. The molecule has 0 bridgehead atoms. The van der Waals surface area contributed by atoms with Gasteiger partial charge in [0.15, 0.2) is 0 Å². The van der Waals surface area contributed by atoms with Gasteiger partial charge in [-0.2, -0.15) is 11.3 Å². The molecule has 1 aromatic carbocycles. The molecule has 1 N–H and O–H groups in total. The van der Waals surface area contributed by atoms with Gasteiger partial charge >= 0.3 is 0 Å². The largest absolute Gasteiger partial charge is 0.350 e. The molecule has 22 heavy (non-hydrogen) atoms. The van der Waals surface area contributed by atoms with Crippen molar-refractivity contribution in [3.8, 4) is 0 Å². The monoisotopic (exact) mass is 319 g/mol. The second kappa shape index (κ2) is 7.15. The molecule has 0 spiro atoms. The number of hydrogen-bond acceptors (Lipinski definition) is 5. The molecule has 2 aromatic rings. The summed E-state index contributed by atoms with van der Waals surface area (Å²) in [6.07, 6.45) is 0. The third-order valence-electron chi connectivity index (χ3n) is 3.35. The number of nitrogens with one attached hydrogen (secondary N) is 1. The van der Waals surface area contributed by atoms with Gasteiger partial charge in [0, 0.05) is 24.2 Å². The van der Waals surface area contributed by atoms with Crippen molar-refractivity contribution < 1.29 is 9.72 Å². The Bertz CT molecular complexity index is 639. The minimum atomic E-state index is -0.486. The van der Waals surface area contributed by atoms with E-state index in [0.29, 0.717) is 12.1 Å². The molecule has 0 fully saturated rings. The summed E-state index contributed by atoms with van der Waals surface area (Å²) in [7, 11) is 3.92. The molecular weight excluding hydrogens is 302 g/mol. The number of carbonyl (C=O) groups excluding carboxylic acids is 1. The summed E-state index contributed by atoms with van der Waals surface area (Å²) in [5.74, 6) is -0.239. The highest BCUT2D eigenvalue weighted by Crippen LogP contribution is 2.20. The second-order valence-corrected chi connectivity index (χ2v) is 5.83. The van der Waals surface area contributed by atoms with Crippen molar-refractivity contribution in [1.82, 2.24) is 10.2 Å². The van der Waals surface area contributed by atoms with Gasteiger partial charge in [0.25, 0.3) is 11.6 Å². The molecule has 0 saturated heterocycles. The molecule has 116 valence electrons. The average molecular weight is 319 g/mol. The van der Waals surface area contributed by atoms with Crippen LogP contribution < -0.4 is 5.32 Å². The summed E-state index contributed by atoms with van der Waals surface area (Å²) in [5.41, 5.74) is 1.54. The van der Waals surface area contributed by atoms with E-state index in [9.17, 15) is 14.9 Å². The summed E-state index contributed by atoms with van der Waals surface area (Å²) >= 11 is 1.62. The Balaban J connectivity index is 2.00. The molecule has 1 unspecified atom stereocenters. The first kappa shape index (κ1) is 16.1. The predicted octanol–water partition coefficient (Wildman–Crippen LogP) is 2.69. The molecule has 0 aliphatic rings. The van der Waals surface area contributed by atoms with Gasteiger partial charge < -0.3 is 10.2 Å². The first-order valence-electron chi connectivity index (χ1n) is 6.70. The van der Waals surface area contributed by atoms with Crippen LogP contribution in [0.1, 0.15) is 22.0 Å². The van der Waals surface area contributed by atoms with Crippen LogP contribution in [0.5, 0.6) is 0 Å². The van der Waals surface area contributed by atoms with Gasteiger partial charge in [-0.15, -0.1) is 0 Å². The van der Waals surface area contributed by atoms with E-state index in [0.717, 1.165) is 5.56 Å². The maximum Gasteiger partial charge on any atom is 0.269 e. The van der Waals surface area contributed by atoms with Crippen LogP contribution in [0.15, 0.2) is 41.1 Å². The number of amides is 1. The van der Waals surface area contributed by atoms with Gasteiger partial charge in [-0.25, -0.2) is 0 Å². The van der Waals surface area contributed by atoms with Crippen molar-refractivity contribution in [3.05, 3.63) is 62.3 Å². The minimum absolute atomic E-state index is 0.0269. The van der Waals surface area contributed by atoms with E-state index in [2.05, 4.69) is 10.7 Å². The molecule has 1 atom stereocenters. The Kier molecular flexibility index (Phi) is 5.24. The lowest BCUT2D eigenvalue weighted by Crippen LogP contribution is -2.34. The van der Waals surface area contributed by atoms with Crippen molar-refractivity contribution in [2.24, 2.45) is 0 Å². The van der Waals surface area contributed by atoms with Crippen LogP contribution in [0.3, 0.4) is 0 Å². The van der Waals surface area contributed by atoms with E-state index in [1.807, 2.05) is 30.4 Å². The number of rotatable bonds is 6. The molecule has 0 saturated carbocycles. The Hall–Kier alpha value is -2.25. The van der Waals surface area contributed by atoms with Crippen molar-refractivity contribution in [2.45, 2.75) is 6.04 Å². The molecule has 6 nitrogen and oxygen atoms in total. The quantitative estimate of drug-likeness (QED) is 0.656. The lowest BCUT2D eigenvalue weighted by Gasteiger charge is -2.24. The van der Waals surface area contributed by atoms with Crippen LogP contribution in [-0.2, 0) is 0 Å². The molecule has 1 heterocycles. The topological polar surface area (TPSA) is 75.5 Å². The Morgan fingerprint density at radius 1 is 1.32 bits per heavy atom. The lowest BCUT2D eigenvalue weighted by molar-refractivity contribution is -0.384. The van der Waals surface area contributed by atoms with E-state index in [1.165, 1.54) is 24.3 Å². The SMILES string of the molecule is CN(C)C(CNC(=O)c1ccc([N+](=O)[O-])cc1)c1ccsc1. The van der Waals surface area contributed by atoms with Crippen LogP contribution in [0, 0.1) is 10.1 Å². The fraction of sp³-hybridized carbons (Fsp3) is 0.267. The second-order valence-electron chi connectivity index (χ2n) is 5.05. The zero-order valence-electron chi connectivity index (χ0n) is 12.4. The molecule has 2 rings (SSSR count). The molecular formula is C15H17N3O3S. The standard InChI is InChI=1S/C15H17N3O3S/c1-17(2)14(12-7-8-22-10-12)9-16-15(19)11-3-5-13(6-4-11)18(20)21/h3-8,10,14H,9H2,1-2H3,(H,16,19). The van der Waals surface area contributed by atoms with Crippen molar-refractivity contribution in [1.29, 1.82) is 0 Å². The van der Waals surface area contributed by atoms with E-state index >= 15 is 0 Å². The fourth-order valence-corrected chi connectivity index (χ4v) is 2.80. The van der Waals surface area contributed by atoms with Crippen molar-refractivity contribution >= 4 is 22.9 Å². The summed E-state index contributed by atoms with van der Waals surface area (Å²) in [5, 5.41) is 17.5. The molecule has 7 heteroatoms. The number of nitrogens with zero attached hydrogens (tertiary/aromatic N) is 2. The van der Waals surface area contributed by atoms with E-state index in [1.54, 1.807) is 11.3 Å². The zero-order chi connectivity index (χ0) is 16.1. The summed E-state index contributed by atoms with van der Waals surface area (Å²) in [4.78, 5) is 24.3. The number of nitro groups is 1. The minimum Gasteiger partial charge on any atom is -0.350 e. The number of likely N-dealkylation sites (N-methyl/N-ethyl adjacent to an activating group) is 1. The molecule has 1 aromatic heterocycles. The van der Waals surface area contributed by atoms with Gasteiger partial charge in [-0.3, -0.25) is 14.9 Å². The van der Waals surface area contributed by atoms with Crippen LogP contribution in [-0.4, -0.2) is 36.4 Å². The first-order valence-corrected chi connectivity index (χ1v) is 7.64. The molecule has 1 amide bonds. The maximum absolute atomic E-state index is 12.1. The van der Waals surface area contributed by atoms with Crippen LogP contribution in [0.4, 0.5) is 5.69 Å². The van der Waals surface area contributed by atoms with Gasteiger partial charge in [0.2, 0.25) is 0 Å². The zero-order valence-corrected chi connectivity index (χ0v) is 13.2. The fourth-order valence-electron chi connectivity index (χ4n) is 2.09. The smallest absolute Gasteiger partial charge is 0.269 e. The third kappa shape index (κ3) is 3.90. The number of non-ortho nitro benzene ring substituents is 1. The van der Waals surface area contributed by atoms with Crippen LogP contribution in [0.2, 0.25) is 0 Å². The van der Waals surface area contributed by atoms with Gasteiger partial charge in [-0.05, 0) is 48.6 Å². The lowest BCUT2D eigenvalue weighted by atomic mass is 10.1. The molecule has 0 radical (unpaired) electrons. The summed E-state index contributed by atoms with van der Waals surface area (Å²) in [6, 6.07) is 7.71. The van der Waals surface area contributed by atoms with Crippen LogP contribution >= 0.6 is 11.3 Å². The number of nitro benzene ring substituents is 1. The maximum atomic E-state index is 12.1. The van der Waals surface area contributed by atoms with E-state index < -0.39 is 4.92 Å². The van der Waals surface area contributed by atoms with Gasteiger partial charge in [-0.1, -0.05) is 0 Å². The highest BCUT2D eigenvalue weighted by Gasteiger charge is 2.16. The number of thiophene rings is 1. The Morgan fingerprint density at radius 2 is 2.00 bits per heavy atom. The summed E-state index contributed by atoms with van der Waals surface area (Å²) < 4.78 is 0. The average Bonchev–Trinajstić information content (AvgIpc) is 3.01. The van der Waals surface area contributed by atoms with Gasteiger partial charge in [0.05, 0.1) is 11.0 Å². The predicted molar refractivity (Wildman–Crippen MR) is 86.2 cm³/mol. The molecule has 0 aliphatic carbocycles. The van der Waals surface area contributed by atoms with Gasteiger partial charge in [0.1, 0.15) is 0 Å². The highest BCUT2D eigenvalue weighted by molar-refractivity contribution is 7.07. The number of hydrogen-bond donors (Lipinski definition) is 1. The number of benzene rings is 1. The van der Waals surface area contributed by atoms with Crippen molar-refractivity contribution in [2.75, 3.05) is 20.6 Å². The Labute approximate surface area is 132 Å². The van der Waals surface area contributed by atoms with Crippen molar-refractivity contribution in [3.63, 3.8) is 0 Å². The van der Waals surface area contributed by atoms with E-state index in [4.69, 9.17) is 0 Å². The first-order chi connectivity index (χ1) is 10.5. The normalized spacial score (nSPS) is 12.1. The highest BCUT2D eigenvalue weighted by atomic mass is 32.1. The van der Waals surface area contributed by atoms with Crippen LogP contribution in [0.25, 0.3) is 0 Å². The van der Waals surface area contributed by atoms with E-state index in [-0.39, 0.29) is 17.6 Å².